The molecule has 0 saturated heterocycles. The van der Waals surface area contributed by atoms with Gasteiger partial charge in [0.05, 0.1) is 5.16 Å². The SMILES string of the molecule is O=[PH](O)C1(C(CCNCC(O)COc2cccc(OCc3ccccc3)c2)Oc2ccccc2)CCCCC1. The summed E-state index contributed by atoms with van der Waals surface area (Å²) in [4.78, 5) is 10.4. The summed E-state index contributed by atoms with van der Waals surface area (Å²) >= 11 is 0. The van der Waals surface area contributed by atoms with Crippen molar-refractivity contribution < 1.29 is 28.8 Å². The lowest BCUT2D eigenvalue weighted by Gasteiger charge is -2.41. The number of benzene rings is 3. The van der Waals surface area contributed by atoms with Gasteiger partial charge in [0.25, 0.3) is 0 Å². The third kappa shape index (κ3) is 8.84. The van der Waals surface area contributed by atoms with Gasteiger partial charge in [0.2, 0.25) is 0 Å². The second kappa shape index (κ2) is 15.1. The second-order valence-electron chi connectivity index (χ2n) is 10.1. The molecule has 1 saturated carbocycles. The summed E-state index contributed by atoms with van der Waals surface area (Å²) in [5, 5.41) is 13.0. The van der Waals surface area contributed by atoms with Gasteiger partial charge in [0.15, 0.2) is 8.03 Å². The predicted octanol–water partition coefficient (Wildman–Crippen LogP) is 5.60. The fraction of sp³-hybridized carbons (Fsp3) is 0.419. The van der Waals surface area contributed by atoms with Gasteiger partial charge in [-0.1, -0.05) is 73.9 Å². The minimum absolute atomic E-state index is 0.132. The molecule has 1 aliphatic carbocycles. The summed E-state index contributed by atoms with van der Waals surface area (Å²) in [5.74, 6) is 2.04. The van der Waals surface area contributed by atoms with E-state index in [4.69, 9.17) is 14.2 Å². The number of hydrogen-bond acceptors (Lipinski definition) is 6. The lowest BCUT2D eigenvalue weighted by atomic mass is 9.82. The topological polar surface area (TPSA) is 97.3 Å². The van der Waals surface area contributed by atoms with E-state index in [-0.39, 0.29) is 12.7 Å². The predicted molar refractivity (Wildman–Crippen MR) is 154 cm³/mol. The van der Waals surface area contributed by atoms with Crippen LogP contribution in [0.4, 0.5) is 0 Å². The van der Waals surface area contributed by atoms with Crippen LogP contribution in [0.15, 0.2) is 84.9 Å². The van der Waals surface area contributed by atoms with Crippen LogP contribution in [0.1, 0.15) is 44.1 Å². The van der Waals surface area contributed by atoms with Crippen molar-refractivity contribution in [2.75, 3.05) is 19.7 Å². The maximum atomic E-state index is 12.6. The van der Waals surface area contributed by atoms with Gasteiger partial charge in [0, 0.05) is 12.6 Å². The molecule has 3 unspecified atom stereocenters. The van der Waals surface area contributed by atoms with E-state index in [0.29, 0.717) is 56.2 Å². The van der Waals surface area contributed by atoms with Crippen LogP contribution in [-0.2, 0) is 11.2 Å². The highest BCUT2D eigenvalue weighted by Crippen LogP contribution is 2.50. The molecule has 0 aromatic heterocycles. The molecule has 0 bridgehead atoms. The molecule has 210 valence electrons. The minimum atomic E-state index is -2.81. The van der Waals surface area contributed by atoms with Gasteiger partial charge in [0.1, 0.15) is 42.7 Å². The molecule has 0 aliphatic heterocycles. The normalized spacial score (nSPS) is 17.1. The Labute approximate surface area is 232 Å². The van der Waals surface area contributed by atoms with Crippen molar-refractivity contribution >= 4 is 8.03 Å². The first-order chi connectivity index (χ1) is 19.0. The van der Waals surface area contributed by atoms with Crippen molar-refractivity contribution in [2.45, 2.75) is 62.5 Å². The third-order valence-electron chi connectivity index (χ3n) is 7.27. The summed E-state index contributed by atoms with van der Waals surface area (Å²) in [6.45, 7) is 1.49. The average molecular weight is 554 g/mol. The molecule has 3 atom stereocenters. The van der Waals surface area contributed by atoms with E-state index in [1.54, 1.807) is 0 Å². The molecule has 0 heterocycles. The van der Waals surface area contributed by atoms with E-state index in [1.165, 1.54) is 0 Å². The fourth-order valence-corrected chi connectivity index (χ4v) is 6.38. The molecule has 0 spiro atoms. The van der Waals surface area contributed by atoms with Gasteiger partial charge >= 0.3 is 0 Å². The van der Waals surface area contributed by atoms with Crippen molar-refractivity contribution in [1.82, 2.24) is 5.32 Å². The number of aliphatic hydroxyl groups is 1. The summed E-state index contributed by atoms with van der Waals surface area (Å²) in [6.07, 6.45) is 3.83. The molecule has 3 aromatic rings. The van der Waals surface area contributed by atoms with E-state index in [2.05, 4.69) is 5.32 Å². The van der Waals surface area contributed by atoms with Crippen LogP contribution in [-0.4, -0.2) is 47.1 Å². The van der Waals surface area contributed by atoms with E-state index in [9.17, 15) is 14.6 Å². The number of nitrogens with one attached hydrogen (secondary N) is 1. The average Bonchev–Trinajstić information content (AvgIpc) is 2.98. The van der Waals surface area contributed by atoms with Crippen LogP contribution in [0.2, 0.25) is 0 Å². The molecule has 7 nitrogen and oxygen atoms in total. The highest BCUT2D eigenvalue weighted by molar-refractivity contribution is 7.40. The number of ether oxygens (including phenoxy) is 3. The molecule has 8 heteroatoms. The van der Waals surface area contributed by atoms with Crippen molar-refractivity contribution in [1.29, 1.82) is 0 Å². The highest BCUT2D eigenvalue weighted by atomic mass is 31.1. The molecule has 3 aromatic carbocycles. The Hall–Kier alpha value is -2.83. The van der Waals surface area contributed by atoms with Crippen LogP contribution >= 0.6 is 8.03 Å². The Morgan fingerprint density at radius 1 is 0.846 bits per heavy atom. The second-order valence-corrected chi connectivity index (χ2v) is 11.8. The zero-order valence-corrected chi connectivity index (χ0v) is 23.3. The molecule has 39 heavy (non-hydrogen) atoms. The van der Waals surface area contributed by atoms with Crippen LogP contribution in [0.5, 0.6) is 17.2 Å². The molecular formula is C31H40NO6P. The summed E-state index contributed by atoms with van der Waals surface area (Å²) in [6, 6.07) is 26.8. The Balaban J connectivity index is 1.24. The van der Waals surface area contributed by atoms with Gasteiger partial charge in [-0.25, -0.2) is 0 Å². The van der Waals surface area contributed by atoms with E-state index >= 15 is 0 Å². The molecule has 1 aliphatic rings. The largest absolute Gasteiger partial charge is 0.491 e. The van der Waals surface area contributed by atoms with Gasteiger partial charge in [-0.3, -0.25) is 4.57 Å². The minimum Gasteiger partial charge on any atom is -0.491 e. The fourth-order valence-electron chi connectivity index (χ4n) is 5.12. The van der Waals surface area contributed by atoms with Crippen LogP contribution in [0.3, 0.4) is 0 Å². The van der Waals surface area contributed by atoms with Gasteiger partial charge in [-0.15, -0.1) is 0 Å². The first-order valence-corrected chi connectivity index (χ1v) is 15.1. The smallest absolute Gasteiger partial charge is 0.198 e. The first-order valence-electron chi connectivity index (χ1n) is 13.8. The lowest BCUT2D eigenvalue weighted by Crippen LogP contribution is -2.46. The first kappa shape index (κ1) is 29.2. The van der Waals surface area contributed by atoms with Gasteiger partial charge in [-0.2, -0.15) is 0 Å². The zero-order chi connectivity index (χ0) is 27.3. The molecule has 4 rings (SSSR count). The zero-order valence-electron chi connectivity index (χ0n) is 22.3. The monoisotopic (exact) mass is 553 g/mol. The lowest BCUT2D eigenvalue weighted by molar-refractivity contribution is 0.0968. The van der Waals surface area contributed by atoms with E-state index in [0.717, 1.165) is 24.8 Å². The summed E-state index contributed by atoms with van der Waals surface area (Å²) in [5.41, 5.74) is 1.09. The molecule has 0 radical (unpaired) electrons. The standard InChI is InChI=1S/C31H40NO6P/c33-26(24-37-29-16-10-15-28(21-29)36-23-25-11-4-1-5-12-25)22-32-20-17-30(38-27-13-6-2-7-14-27)31(39(34)35)18-8-3-9-19-31/h1-2,4-7,10-16,21,26,30,32-33,39H,3,8-9,17-20,22-24H2,(H,34,35). The summed E-state index contributed by atoms with van der Waals surface area (Å²) < 4.78 is 30.6. The Morgan fingerprint density at radius 2 is 1.49 bits per heavy atom. The maximum absolute atomic E-state index is 12.6. The number of hydrogen-bond donors (Lipinski definition) is 3. The number of aliphatic hydroxyl groups excluding tert-OH is 1. The van der Waals surface area contributed by atoms with Crippen molar-refractivity contribution in [3.8, 4) is 17.2 Å². The molecule has 3 N–H and O–H groups in total. The Kier molecular flexibility index (Phi) is 11.3. The number of para-hydroxylation sites is 1. The molecular weight excluding hydrogens is 513 g/mol. The highest BCUT2D eigenvalue weighted by Gasteiger charge is 2.45. The van der Waals surface area contributed by atoms with Crippen molar-refractivity contribution in [2.24, 2.45) is 0 Å². The Bertz CT molecular complexity index is 1140. The van der Waals surface area contributed by atoms with Crippen LogP contribution < -0.4 is 19.5 Å². The van der Waals surface area contributed by atoms with Crippen LogP contribution in [0, 0.1) is 0 Å². The third-order valence-corrected chi connectivity index (χ3v) is 8.94. The molecule has 1 fully saturated rings. The quantitative estimate of drug-likeness (QED) is 0.166. The van der Waals surface area contributed by atoms with Gasteiger partial charge < -0.3 is 29.5 Å². The summed E-state index contributed by atoms with van der Waals surface area (Å²) in [7, 11) is -2.81. The van der Waals surface area contributed by atoms with E-state index in [1.807, 2.05) is 84.9 Å². The van der Waals surface area contributed by atoms with Crippen molar-refractivity contribution in [3.05, 3.63) is 90.5 Å². The van der Waals surface area contributed by atoms with Gasteiger partial charge in [-0.05, 0) is 55.6 Å². The maximum Gasteiger partial charge on any atom is 0.198 e. The number of rotatable bonds is 15. The molecule has 0 amide bonds. The van der Waals surface area contributed by atoms with Crippen molar-refractivity contribution in [3.63, 3.8) is 0 Å². The Morgan fingerprint density at radius 3 is 2.18 bits per heavy atom. The van der Waals surface area contributed by atoms with Crippen LogP contribution in [0.25, 0.3) is 0 Å². The van der Waals surface area contributed by atoms with E-state index < -0.39 is 19.3 Å².